The number of aryl methyl sites for hydroxylation is 1. The number of methoxy groups -OCH3 is 1. The second-order valence-corrected chi connectivity index (χ2v) is 5.61. The van der Waals surface area contributed by atoms with Gasteiger partial charge in [0.05, 0.1) is 19.0 Å². The molecule has 0 amide bonds. The van der Waals surface area contributed by atoms with Gasteiger partial charge in [0.15, 0.2) is 0 Å². The van der Waals surface area contributed by atoms with Crippen molar-refractivity contribution in [2.45, 2.75) is 6.54 Å². The summed E-state index contributed by atoms with van der Waals surface area (Å²) in [5, 5.41) is 4.20. The van der Waals surface area contributed by atoms with Crippen LogP contribution in [0.25, 0.3) is 0 Å². The van der Waals surface area contributed by atoms with E-state index in [0.717, 1.165) is 49.9 Å². The fourth-order valence-electron chi connectivity index (χ4n) is 2.89. The van der Waals surface area contributed by atoms with Gasteiger partial charge < -0.3 is 15.4 Å². The van der Waals surface area contributed by atoms with Crippen LogP contribution >= 0.6 is 0 Å². The van der Waals surface area contributed by atoms with Crippen molar-refractivity contribution < 1.29 is 4.74 Å². The van der Waals surface area contributed by atoms with Crippen molar-refractivity contribution in [1.82, 2.24) is 14.7 Å². The van der Waals surface area contributed by atoms with Crippen molar-refractivity contribution in [2.75, 3.05) is 43.9 Å². The quantitative estimate of drug-likeness (QED) is 0.923. The van der Waals surface area contributed by atoms with E-state index in [2.05, 4.69) is 27.0 Å². The Bertz CT molecular complexity index is 631. The van der Waals surface area contributed by atoms with Crippen LogP contribution in [-0.2, 0) is 13.6 Å². The summed E-state index contributed by atoms with van der Waals surface area (Å²) in [7, 11) is 3.60. The zero-order valence-electron chi connectivity index (χ0n) is 13.2. The lowest BCUT2D eigenvalue weighted by molar-refractivity contribution is 0.249. The first-order valence-electron chi connectivity index (χ1n) is 7.55. The lowest BCUT2D eigenvalue weighted by atomic mass is 10.2. The fourth-order valence-corrected chi connectivity index (χ4v) is 2.89. The van der Waals surface area contributed by atoms with E-state index in [4.69, 9.17) is 10.5 Å². The van der Waals surface area contributed by atoms with Gasteiger partial charge in [-0.2, -0.15) is 5.10 Å². The average Bonchev–Trinajstić information content (AvgIpc) is 2.87. The van der Waals surface area contributed by atoms with Crippen molar-refractivity contribution in [1.29, 1.82) is 0 Å². The Kier molecular flexibility index (Phi) is 4.20. The molecule has 0 radical (unpaired) electrons. The summed E-state index contributed by atoms with van der Waals surface area (Å²) in [5.41, 5.74) is 8.30. The minimum Gasteiger partial charge on any atom is -0.495 e. The van der Waals surface area contributed by atoms with E-state index in [1.165, 1.54) is 5.69 Å². The normalized spacial score (nSPS) is 16.0. The molecule has 118 valence electrons. The molecule has 1 saturated heterocycles. The number of nitrogens with zero attached hydrogens (tertiary/aromatic N) is 4. The van der Waals surface area contributed by atoms with Gasteiger partial charge >= 0.3 is 0 Å². The number of anilines is 2. The first-order chi connectivity index (χ1) is 10.7. The molecule has 0 atom stereocenters. The molecule has 22 heavy (non-hydrogen) atoms. The van der Waals surface area contributed by atoms with Gasteiger partial charge in [0, 0.05) is 45.3 Å². The third-order valence-electron chi connectivity index (χ3n) is 4.26. The molecule has 2 heterocycles. The van der Waals surface area contributed by atoms with Gasteiger partial charge in [0.2, 0.25) is 0 Å². The molecular weight excluding hydrogens is 278 g/mol. The smallest absolute Gasteiger partial charge is 0.142 e. The minimum atomic E-state index is 0.757. The van der Waals surface area contributed by atoms with Gasteiger partial charge in [-0.1, -0.05) is 12.1 Å². The molecule has 1 aliphatic rings. The first-order valence-corrected chi connectivity index (χ1v) is 7.55. The molecule has 3 rings (SSSR count). The highest BCUT2D eigenvalue weighted by Crippen LogP contribution is 2.28. The van der Waals surface area contributed by atoms with E-state index in [0.29, 0.717) is 0 Å². The number of benzene rings is 1. The molecule has 6 nitrogen and oxygen atoms in total. The SMILES string of the molecule is COc1ccccc1N1CCN(Cc2cnn(C)c2N)CC1. The number of hydrogen-bond donors (Lipinski definition) is 1. The van der Waals surface area contributed by atoms with Crippen LogP contribution in [0, 0.1) is 0 Å². The highest BCUT2D eigenvalue weighted by molar-refractivity contribution is 5.58. The molecule has 1 aliphatic heterocycles. The Morgan fingerprint density at radius 3 is 2.55 bits per heavy atom. The third kappa shape index (κ3) is 2.87. The average molecular weight is 301 g/mol. The maximum atomic E-state index is 6.02. The van der Waals surface area contributed by atoms with Crippen molar-refractivity contribution >= 4 is 11.5 Å². The Morgan fingerprint density at radius 2 is 1.91 bits per heavy atom. The van der Waals surface area contributed by atoms with Gasteiger partial charge in [-0.3, -0.25) is 9.58 Å². The second kappa shape index (κ2) is 6.27. The van der Waals surface area contributed by atoms with E-state index in [1.54, 1.807) is 11.8 Å². The number of nitrogens with two attached hydrogens (primary N) is 1. The molecule has 0 unspecified atom stereocenters. The van der Waals surface area contributed by atoms with E-state index >= 15 is 0 Å². The zero-order valence-corrected chi connectivity index (χ0v) is 13.2. The van der Waals surface area contributed by atoms with E-state index in [1.807, 2.05) is 25.4 Å². The monoisotopic (exact) mass is 301 g/mol. The van der Waals surface area contributed by atoms with Gasteiger partial charge in [-0.05, 0) is 12.1 Å². The Hall–Kier alpha value is -2.21. The van der Waals surface area contributed by atoms with Crippen LogP contribution in [0.15, 0.2) is 30.5 Å². The zero-order chi connectivity index (χ0) is 15.5. The number of piperazine rings is 1. The summed E-state index contributed by atoms with van der Waals surface area (Å²) in [4.78, 5) is 4.79. The molecule has 0 spiro atoms. The number of hydrogen-bond acceptors (Lipinski definition) is 5. The molecule has 0 saturated carbocycles. The molecule has 6 heteroatoms. The Morgan fingerprint density at radius 1 is 1.18 bits per heavy atom. The minimum absolute atomic E-state index is 0.757. The number of aromatic nitrogens is 2. The van der Waals surface area contributed by atoms with Crippen molar-refractivity contribution in [3.05, 3.63) is 36.0 Å². The standard InChI is InChI=1S/C16H23N5O/c1-19-16(17)13(11-18-19)12-20-7-9-21(10-8-20)14-5-3-4-6-15(14)22-2/h3-6,11H,7-10,12,17H2,1-2H3. The van der Waals surface area contributed by atoms with Crippen LogP contribution < -0.4 is 15.4 Å². The van der Waals surface area contributed by atoms with Crippen LogP contribution in [0.3, 0.4) is 0 Å². The molecule has 2 aromatic rings. The number of rotatable bonds is 4. The third-order valence-corrected chi connectivity index (χ3v) is 4.26. The lowest BCUT2D eigenvalue weighted by Gasteiger charge is -2.36. The summed E-state index contributed by atoms with van der Waals surface area (Å²) in [6.07, 6.45) is 1.86. The maximum Gasteiger partial charge on any atom is 0.142 e. The van der Waals surface area contributed by atoms with Crippen LogP contribution in [0.1, 0.15) is 5.56 Å². The van der Waals surface area contributed by atoms with Crippen molar-refractivity contribution in [3.63, 3.8) is 0 Å². The summed E-state index contributed by atoms with van der Waals surface area (Å²) < 4.78 is 7.18. The summed E-state index contributed by atoms with van der Waals surface area (Å²) in [6, 6.07) is 8.19. The van der Waals surface area contributed by atoms with E-state index in [-0.39, 0.29) is 0 Å². The Labute approximate surface area is 131 Å². The molecule has 1 fully saturated rings. The molecule has 0 aliphatic carbocycles. The van der Waals surface area contributed by atoms with Crippen molar-refractivity contribution in [2.24, 2.45) is 7.05 Å². The predicted molar refractivity (Wildman–Crippen MR) is 88.1 cm³/mol. The van der Waals surface area contributed by atoms with Crippen LogP contribution in [0.2, 0.25) is 0 Å². The maximum absolute atomic E-state index is 6.02. The molecule has 0 bridgehead atoms. The highest BCUT2D eigenvalue weighted by atomic mass is 16.5. The first kappa shape index (κ1) is 14.7. The van der Waals surface area contributed by atoms with Gasteiger partial charge in [-0.25, -0.2) is 0 Å². The predicted octanol–water partition coefficient (Wildman–Crippen LogP) is 1.33. The lowest BCUT2D eigenvalue weighted by Crippen LogP contribution is -2.46. The van der Waals surface area contributed by atoms with Gasteiger partial charge in [0.1, 0.15) is 11.6 Å². The molecule has 1 aromatic carbocycles. The van der Waals surface area contributed by atoms with E-state index < -0.39 is 0 Å². The topological polar surface area (TPSA) is 59.5 Å². The van der Waals surface area contributed by atoms with Crippen LogP contribution in [-0.4, -0.2) is 48.0 Å². The fraction of sp³-hybridized carbons (Fsp3) is 0.438. The summed E-state index contributed by atoms with van der Waals surface area (Å²) in [5.74, 6) is 1.69. The number of ether oxygens (including phenoxy) is 1. The largest absolute Gasteiger partial charge is 0.495 e. The van der Waals surface area contributed by atoms with Gasteiger partial charge in [-0.15, -0.1) is 0 Å². The summed E-state index contributed by atoms with van der Waals surface area (Å²) >= 11 is 0. The second-order valence-electron chi connectivity index (χ2n) is 5.61. The molecule has 1 aromatic heterocycles. The van der Waals surface area contributed by atoms with Crippen LogP contribution in [0.4, 0.5) is 11.5 Å². The molecular formula is C16H23N5O. The highest BCUT2D eigenvalue weighted by Gasteiger charge is 2.20. The summed E-state index contributed by atoms with van der Waals surface area (Å²) in [6.45, 7) is 4.85. The van der Waals surface area contributed by atoms with Crippen molar-refractivity contribution in [3.8, 4) is 5.75 Å². The number of nitrogen functional groups attached to an aromatic ring is 1. The van der Waals surface area contributed by atoms with Gasteiger partial charge in [0.25, 0.3) is 0 Å². The Balaban J connectivity index is 1.62. The number of para-hydroxylation sites is 2. The van der Waals surface area contributed by atoms with Crippen LogP contribution in [0.5, 0.6) is 5.75 Å². The van der Waals surface area contributed by atoms with E-state index in [9.17, 15) is 0 Å². The molecule has 2 N–H and O–H groups in total.